The third-order valence-corrected chi connectivity index (χ3v) is 7.36. The van der Waals surface area contributed by atoms with Gasteiger partial charge < -0.3 is 0 Å². The fourth-order valence-corrected chi connectivity index (χ4v) is 5.42. The summed E-state index contributed by atoms with van der Waals surface area (Å²) in [5.74, 6) is 2.35. The molecule has 2 aliphatic carbocycles. The maximum absolute atomic E-state index is 13.1. The second-order valence-corrected chi connectivity index (χ2v) is 9.37. The van der Waals surface area contributed by atoms with Crippen molar-refractivity contribution in [3.8, 4) is 6.07 Å². The van der Waals surface area contributed by atoms with Gasteiger partial charge in [-0.2, -0.15) is 9.65 Å². The Bertz CT molecular complexity index is 727. The third-order valence-electron chi connectivity index (χ3n) is 7.36. The Kier molecular flexibility index (Phi) is 9.12. The summed E-state index contributed by atoms with van der Waals surface area (Å²) < 4.78 is 25.8. The van der Waals surface area contributed by atoms with Crippen molar-refractivity contribution in [2.24, 2.45) is 17.8 Å². The zero-order valence-corrected chi connectivity index (χ0v) is 18.0. The van der Waals surface area contributed by atoms with Gasteiger partial charge in [-0.3, -0.25) is 0 Å². The Labute approximate surface area is 180 Å². The first-order chi connectivity index (χ1) is 14.6. The highest BCUT2D eigenvalue weighted by atomic mass is 19.1. The molecule has 0 radical (unpaired) electrons. The van der Waals surface area contributed by atoms with Crippen LogP contribution in [0.15, 0.2) is 48.3 Å². The molecular weight excluding hydrogens is 376 g/mol. The Morgan fingerprint density at radius 2 is 1.40 bits per heavy atom. The number of nitrogens with zero attached hydrogens (tertiary/aromatic N) is 1. The number of hydrogen-bond donors (Lipinski definition) is 0. The summed E-state index contributed by atoms with van der Waals surface area (Å²) in [6.45, 7) is 0. The van der Waals surface area contributed by atoms with Crippen LogP contribution in [0.5, 0.6) is 0 Å². The van der Waals surface area contributed by atoms with E-state index in [1.807, 2.05) is 18.2 Å². The molecule has 0 saturated heterocycles. The van der Waals surface area contributed by atoms with Crippen molar-refractivity contribution < 1.29 is 8.78 Å². The molecule has 3 heteroatoms. The molecule has 0 unspecified atom stereocenters. The van der Waals surface area contributed by atoms with Gasteiger partial charge in [-0.25, -0.2) is 4.39 Å². The van der Waals surface area contributed by atoms with Crippen molar-refractivity contribution in [1.82, 2.24) is 0 Å². The molecule has 1 nitrogen and oxygen atoms in total. The summed E-state index contributed by atoms with van der Waals surface area (Å²) in [5.41, 5.74) is 1.31. The lowest BCUT2D eigenvalue weighted by molar-refractivity contribution is 0.225. The fraction of sp³-hybridized carbons (Fsp3) is 0.593. The summed E-state index contributed by atoms with van der Waals surface area (Å²) in [6.07, 6.45) is 20.3. The molecule has 3 rings (SSSR count). The lowest BCUT2D eigenvalue weighted by Gasteiger charge is -2.32. The number of allylic oxidation sites excluding steroid dienone is 4. The monoisotopic (exact) mass is 411 g/mol. The average molecular weight is 412 g/mol. The van der Waals surface area contributed by atoms with Gasteiger partial charge in [0.1, 0.15) is 11.9 Å². The average Bonchev–Trinajstić information content (AvgIpc) is 2.79. The van der Waals surface area contributed by atoms with Crippen LogP contribution in [-0.4, -0.2) is 0 Å². The Hall–Kier alpha value is -1.95. The van der Waals surface area contributed by atoms with Crippen LogP contribution < -0.4 is 0 Å². The third kappa shape index (κ3) is 7.38. The first-order valence-electron chi connectivity index (χ1n) is 11.8. The van der Waals surface area contributed by atoms with Gasteiger partial charge in [0.15, 0.2) is 5.83 Å². The fourth-order valence-electron chi connectivity index (χ4n) is 5.42. The topological polar surface area (TPSA) is 23.8 Å². The minimum atomic E-state index is -0.726. The second-order valence-electron chi connectivity index (χ2n) is 9.37. The van der Waals surface area contributed by atoms with Crippen LogP contribution in [0.1, 0.15) is 88.5 Å². The number of hydrogen-bond acceptors (Lipinski definition) is 1. The lowest BCUT2D eigenvalue weighted by Crippen LogP contribution is -2.17. The van der Waals surface area contributed by atoms with E-state index in [0.29, 0.717) is 5.92 Å². The van der Waals surface area contributed by atoms with E-state index < -0.39 is 5.83 Å². The van der Waals surface area contributed by atoms with Gasteiger partial charge in [0, 0.05) is 0 Å². The molecular formula is C27H35F2N. The molecule has 2 fully saturated rings. The number of halogens is 2. The van der Waals surface area contributed by atoms with Crippen LogP contribution in [0.4, 0.5) is 8.78 Å². The van der Waals surface area contributed by atoms with Gasteiger partial charge in [0.05, 0.1) is 0 Å². The van der Waals surface area contributed by atoms with Gasteiger partial charge in [-0.05, 0) is 86.0 Å². The van der Waals surface area contributed by atoms with Gasteiger partial charge in [-0.1, -0.05) is 62.8 Å². The smallest absolute Gasteiger partial charge is 0.199 e. The molecule has 0 heterocycles. The van der Waals surface area contributed by atoms with Crippen LogP contribution in [-0.2, 0) is 0 Å². The molecule has 0 spiro atoms. The molecule has 0 atom stereocenters. The lowest BCUT2D eigenvalue weighted by atomic mass is 9.74. The second kappa shape index (κ2) is 12.0. The summed E-state index contributed by atoms with van der Waals surface area (Å²) >= 11 is 0. The molecule has 0 N–H and O–H groups in total. The first-order valence-corrected chi connectivity index (χ1v) is 11.8. The van der Waals surface area contributed by atoms with E-state index in [2.05, 4.69) is 0 Å². The summed E-state index contributed by atoms with van der Waals surface area (Å²) in [6, 6.07) is 8.62. The molecule has 0 bridgehead atoms. The van der Waals surface area contributed by atoms with Gasteiger partial charge in [0.2, 0.25) is 0 Å². The molecule has 162 valence electrons. The maximum atomic E-state index is 13.1. The van der Waals surface area contributed by atoms with E-state index in [0.717, 1.165) is 24.2 Å². The van der Waals surface area contributed by atoms with E-state index >= 15 is 0 Å². The highest BCUT2D eigenvalue weighted by Gasteiger charge is 2.25. The minimum absolute atomic E-state index is 0.137. The van der Waals surface area contributed by atoms with E-state index in [1.54, 1.807) is 18.2 Å². The van der Waals surface area contributed by atoms with E-state index in [9.17, 15) is 8.78 Å². The first kappa shape index (κ1) is 22.7. The van der Waals surface area contributed by atoms with E-state index in [4.69, 9.17) is 5.26 Å². The summed E-state index contributed by atoms with van der Waals surface area (Å²) in [4.78, 5) is 0. The molecule has 0 amide bonds. The van der Waals surface area contributed by atoms with Crippen molar-refractivity contribution in [1.29, 1.82) is 5.26 Å². The van der Waals surface area contributed by atoms with Crippen molar-refractivity contribution in [2.45, 2.75) is 83.0 Å². The van der Waals surface area contributed by atoms with Crippen LogP contribution in [0.25, 0.3) is 0 Å². The number of benzene rings is 1. The summed E-state index contributed by atoms with van der Waals surface area (Å²) in [5, 5.41) is 8.38. The van der Waals surface area contributed by atoms with Crippen molar-refractivity contribution in [3.05, 3.63) is 59.7 Å². The molecule has 1 aromatic rings. The van der Waals surface area contributed by atoms with Crippen LogP contribution in [0.2, 0.25) is 0 Å². The predicted molar refractivity (Wildman–Crippen MR) is 119 cm³/mol. The van der Waals surface area contributed by atoms with Crippen LogP contribution >= 0.6 is 0 Å². The number of nitriles is 1. The highest BCUT2D eigenvalue weighted by Crippen LogP contribution is 2.40. The summed E-state index contributed by atoms with van der Waals surface area (Å²) in [7, 11) is 0. The van der Waals surface area contributed by atoms with Crippen molar-refractivity contribution in [3.63, 3.8) is 0 Å². The van der Waals surface area contributed by atoms with E-state index in [-0.39, 0.29) is 5.82 Å². The van der Waals surface area contributed by atoms with Crippen LogP contribution in [0, 0.1) is 34.9 Å². The normalized spacial score (nSPS) is 27.8. The largest absolute Gasteiger partial charge is 0.207 e. The zero-order valence-electron chi connectivity index (χ0n) is 18.0. The quantitative estimate of drug-likeness (QED) is 0.311. The molecule has 0 aliphatic heterocycles. The zero-order chi connectivity index (χ0) is 21.2. The Morgan fingerprint density at radius 3 is 1.97 bits per heavy atom. The van der Waals surface area contributed by atoms with Crippen LogP contribution in [0.3, 0.4) is 0 Å². The van der Waals surface area contributed by atoms with Crippen molar-refractivity contribution in [2.75, 3.05) is 0 Å². The minimum Gasteiger partial charge on any atom is -0.207 e. The molecule has 0 aromatic heterocycles. The van der Waals surface area contributed by atoms with E-state index in [1.165, 1.54) is 88.3 Å². The maximum Gasteiger partial charge on any atom is 0.199 e. The number of rotatable bonds is 8. The van der Waals surface area contributed by atoms with Crippen molar-refractivity contribution >= 4 is 0 Å². The Morgan fingerprint density at radius 1 is 0.867 bits per heavy atom. The SMILES string of the molecule is N#C/C(F)=C/C=C/CCC1CCC(CCC2CCC(c3ccc(F)cc3)CC2)CC1. The standard InChI is InChI=1S/C27H35F2N/c28-26-18-16-25(17-19-26)24-14-12-23(13-15-24)11-10-22-8-6-21(7-9-22)4-2-1-3-5-27(29)20-30/h1,3,5,16-19,21-24H,2,4,6-15H2/b3-1+,27-5-. The Balaban J connectivity index is 1.27. The predicted octanol–water partition coefficient (Wildman–Crippen LogP) is 8.40. The molecule has 30 heavy (non-hydrogen) atoms. The molecule has 2 aliphatic rings. The van der Waals surface area contributed by atoms with Gasteiger partial charge >= 0.3 is 0 Å². The highest BCUT2D eigenvalue weighted by molar-refractivity contribution is 5.21. The van der Waals surface area contributed by atoms with Gasteiger partial charge in [0.25, 0.3) is 0 Å². The molecule has 2 saturated carbocycles. The molecule has 1 aromatic carbocycles. The van der Waals surface area contributed by atoms with Gasteiger partial charge in [-0.15, -0.1) is 0 Å².